The average Bonchev–Trinajstić information content (AvgIpc) is 2.91. The molecule has 8 nitrogen and oxygen atoms in total. The molecule has 0 spiro atoms. The minimum Gasteiger partial charge on any atom is -0.761 e. The van der Waals surface area contributed by atoms with Gasteiger partial charge in [0.15, 0.2) is 5.82 Å². The van der Waals surface area contributed by atoms with Crippen LogP contribution in [0.5, 0.6) is 0 Å². The number of aromatic nitrogens is 2. The first kappa shape index (κ1) is 24.6. The van der Waals surface area contributed by atoms with Crippen LogP contribution in [-0.2, 0) is 6.54 Å². The average molecular weight is 475 g/mol. The topological polar surface area (TPSA) is 122 Å². The summed E-state index contributed by atoms with van der Waals surface area (Å²) in [5.41, 5.74) is 7.14. The van der Waals surface area contributed by atoms with Crippen molar-refractivity contribution in [2.75, 3.05) is 29.3 Å². The summed E-state index contributed by atoms with van der Waals surface area (Å²) < 4.78 is 0. The molecule has 1 aliphatic rings. The van der Waals surface area contributed by atoms with Crippen molar-refractivity contribution in [1.82, 2.24) is 9.97 Å². The van der Waals surface area contributed by atoms with Crippen LogP contribution in [0.15, 0.2) is 48.7 Å². The molecule has 1 heterocycles. The molecular formula is C27H32N5O3-. The molecule has 3 aromatic rings. The van der Waals surface area contributed by atoms with Crippen molar-refractivity contribution in [2.24, 2.45) is 11.8 Å². The fourth-order valence-corrected chi connectivity index (χ4v) is 4.68. The first-order chi connectivity index (χ1) is 17.1. The van der Waals surface area contributed by atoms with Gasteiger partial charge in [0.1, 0.15) is 6.29 Å². The highest BCUT2D eigenvalue weighted by atomic mass is 16.5. The lowest BCUT2D eigenvalue weighted by Crippen LogP contribution is -2.23. The predicted octanol–water partition coefficient (Wildman–Crippen LogP) is 5.00. The number of anilines is 3. The highest BCUT2D eigenvalue weighted by molar-refractivity contribution is 5.79. The van der Waals surface area contributed by atoms with Gasteiger partial charge in [-0.2, -0.15) is 4.98 Å². The molecule has 35 heavy (non-hydrogen) atoms. The van der Waals surface area contributed by atoms with Gasteiger partial charge < -0.3 is 26.4 Å². The van der Waals surface area contributed by atoms with E-state index in [0.29, 0.717) is 41.4 Å². The normalized spacial score (nSPS) is 17.6. The second kappa shape index (κ2) is 11.8. The second-order valence-electron chi connectivity index (χ2n) is 9.19. The van der Waals surface area contributed by atoms with E-state index in [4.69, 9.17) is 0 Å². The summed E-state index contributed by atoms with van der Waals surface area (Å²) in [6, 6.07) is 13.7. The Morgan fingerprint density at radius 1 is 1.09 bits per heavy atom. The van der Waals surface area contributed by atoms with Crippen LogP contribution >= 0.6 is 0 Å². The molecule has 1 aliphatic carbocycles. The van der Waals surface area contributed by atoms with Gasteiger partial charge in [-0.15, -0.1) is 0 Å². The lowest BCUT2D eigenvalue weighted by molar-refractivity contribution is 0.112. The maximum Gasteiger partial charge on any atom is 0.225 e. The van der Waals surface area contributed by atoms with Crippen LogP contribution < -0.4 is 16.1 Å². The van der Waals surface area contributed by atoms with Crippen molar-refractivity contribution in [2.45, 2.75) is 39.2 Å². The minimum atomic E-state index is 0.263. The molecular weight excluding hydrogens is 442 g/mol. The zero-order chi connectivity index (χ0) is 24.6. The zero-order valence-electron chi connectivity index (χ0n) is 20.0. The van der Waals surface area contributed by atoms with Crippen LogP contribution in [0.2, 0.25) is 0 Å². The molecule has 0 radical (unpaired) electrons. The molecule has 1 saturated carbocycles. The largest absolute Gasteiger partial charge is 0.761 e. The summed E-state index contributed by atoms with van der Waals surface area (Å²) in [4.78, 5) is 20.0. The Balaban J connectivity index is 1.43. The van der Waals surface area contributed by atoms with Crippen LogP contribution in [0.1, 0.15) is 47.2 Å². The van der Waals surface area contributed by atoms with Gasteiger partial charge >= 0.3 is 0 Å². The van der Waals surface area contributed by atoms with Crippen molar-refractivity contribution in [1.29, 1.82) is 0 Å². The fourth-order valence-electron chi connectivity index (χ4n) is 4.68. The van der Waals surface area contributed by atoms with E-state index in [1.165, 1.54) is 6.20 Å². The van der Waals surface area contributed by atoms with Crippen LogP contribution in [-0.4, -0.2) is 34.5 Å². The van der Waals surface area contributed by atoms with E-state index in [-0.39, 0.29) is 6.61 Å². The molecule has 0 aliphatic heterocycles. The molecule has 0 bridgehead atoms. The molecule has 4 N–H and O–H groups in total. The Morgan fingerprint density at radius 3 is 2.60 bits per heavy atom. The molecule has 0 atom stereocenters. The molecule has 0 amide bonds. The monoisotopic (exact) mass is 474 g/mol. The smallest absolute Gasteiger partial charge is 0.225 e. The van der Waals surface area contributed by atoms with Gasteiger partial charge in [-0.1, -0.05) is 36.4 Å². The number of hydrogen-bond donors (Lipinski definition) is 4. The zero-order valence-corrected chi connectivity index (χ0v) is 20.0. The molecule has 1 aromatic heterocycles. The van der Waals surface area contributed by atoms with Gasteiger partial charge in [-0.25, -0.2) is 4.98 Å². The summed E-state index contributed by atoms with van der Waals surface area (Å²) in [5.74, 6) is 1.82. The van der Waals surface area contributed by atoms with E-state index in [1.54, 1.807) is 6.07 Å². The second-order valence-corrected chi connectivity index (χ2v) is 9.19. The molecule has 0 unspecified atom stereocenters. The number of aliphatic hydroxyl groups excluding tert-OH is 1. The van der Waals surface area contributed by atoms with Crippen molar-refractivity contribution >= 4 is 23.7 Å². The van der Waals surface area contributed by atoms with Crippen LogP contribution in [0.4, 0.5) is 17.5 Å². The van der Waals surface area contributed by atoms with Crippen molar-refractivity contribution < 1.29 is 9.90 Å². The summed E-state index contributed by atoms with van der Waals surface area (Å²) in [6.07, 6.45) is 6.52. The molecule has 1 fully saturated rings. The molecule has 8 heteroatoms. The quantitative estimate of drug-likeness (QED) is 0.239. The van der Waals surface area contributed by atoms with Crippen LogP contribution in [0.3, 0.4) is 0 Å². The van der Waals surface area contributed by atoms with Crippen molar-refractivity contribution in [3.63, 3.8) is 0 Å². The Bertz CT molecular complexity index is 1150. The predicted molar refractivity (Wildman–Crippen MR) is 139 cm³/mol. The Labute approximate surface area is 205 Å². The van der Waals surface area contributed by atoms with Gasteiger partial charge in [0.2, 0.25) is 5.95 Å². The number of benzene rings is 2. The third-order valence-corrected chi connectivity index (χ3v) is 6.90. The minimum absolute atomic E-state index is 0.263. The number of aliphatic hydroxyl groups is 1. The van der Waals surface area contributed by atoms with Gasteiger partial charge in [-0.3, -0.25) is 4.79 Å². The number of rotatable bonds is 10. The van der Waals surface area contributed by atoms with E-state index in [1.807, 2.05) is 41.9 Å². The third-order valence-electron chi connectivity index (χ3n) is 6.90. The molecule has 184 valence electrons. The Morgan fingerprint density at radius 2 is 1.86 bits per heavy atom. The highest BCUT2D eigenvalue weighted by Crippen LogP contribution is 2.30. The summed E-state index contributed by atoms with van der Waals surface area (Å²) in [7, 11) is 0. The van der Waals surface area contributed by atoms with E-state index in [0.717, 1.165) is 60.8 Å². The van der Waals surface area contributed by atoms with Gasteiger partial charge in [0, 0.05) is 25.3 Å². The van der Waals surface area contributed by atoms with Gasteiger partial charge in [0.05, 0.1) is 11.9 Å². The lowest BCUT2D eigenvalue weighted by Gasteiger charge is -2.28. The van der Waals surface area contributed by atoms with E-state index in [9.17, 15) is 15.1 Å². The fraction of sp³-hybridized carbons (Fsp3) is 0.370. The van der Waals surface area contributed by atoms with E-state index in [2.05, 4.69) is 27.5 Å². The maximum atomic E-state index is 11.4. The first-order valence-corrected chi connectivity index (χ1v) is 12.1. The molecule has 0 saturated heterocycles. The Hall–Kier alpha value is -3.49. The highest BCUT2D eigenvalue weighted by Gasteiger charge is 2.20. The van der Waals surface area contributed by atoms with Gasteiger partial charge in [-0.05, 0) is 72.8 Å². The SMILES string of the molecule is Cc1c(CNc2ncc(N[O-])c(NCC3CCC(CO)CC3)n2)cccc1-c1cccc(C=O)c1. The van der Waals surface area contributed by atoms with Gasteiger partial charge in [0.25, 0.3) is 0 Å². The maximum absolute atomic E-state index is 11.4. The van der Waals surface area contributed by atoms with E-state index >= 15 is 0 Å². The number of carbonyl (C=O) groups is 1. The standard InChI is InChI=1S/C27H32N5O3/c1-18-23(6-3-7-24(18)22-5-2-4-21(12-22)17-34)14-29-27-30-15-25(32-35)26(31-27)28-13-19-8-10-20(16-33)11-9-19/h2-7,12,15,17,19-20,32-33H,8-11,13-14,16H2,1H3,(H2,28,29,30,31)/q-1. The lowest BCUT2D eigenvalue weighted by atomic mass is 9.82. The first-order valence-electron chi connectivity index (χ1n) is 12.1. The van der Waals surface area contributed by atoms with Crippen molar-refractivity contribution in [3.05, 3.63) is 70.6 Å². The number of nitrogens with zero attached hydrogens (tertiary/aromatic N) is 2. The summed E-state index contributed by atoms with van der Waals surface area (Å²) in [5, 5.41) is 27.3. The third kappa shape index (κ3) is 6.15. The number of carbonyl (C=O) groups excluding carboxylic acids is 1. The summed E-state index contributed by atoms with van der Waals surface area (Å²) >= 11 is 0. The van der Waals surface area contributed by atoms with Crippen LogP contribution in [0.25, 0.3) is 11.1 Å². The number of hydrogen-bond acceptors (Lipinski definition) is 8. The molecule has 2 aromatic carbocycles. The number of nitrogens with one attached hydrogen (secondary N) is 3. The molecule has 4 rings (SSSR count). The van der Waals surface area contributed by atoms with E-state index < -0.39 is 0 Å². The number of aldehydes is 1. The Kier molecular flexibility index (Phi) is 8.28. The summed E-state index contributed by atoms with van der Waals surface area (Å²) in [6.45, 7) is 3.56. The van der Waals surface area contributed by atoms with Crippen LogP contribution in [0, 0.1) is 24.0 Å². The van der Waals surface area contributed by atoms with Crippen molar-refractivity contribution in [3.8, 4) is 11.1 Å².